The number of rotatable bonds is 6. The molecule has 0 spiro atoms. The van der Waals surface area contributed by atoms with Gasteiger partial charge in [0, 0.05) is 6.54 Å². The molecule has 5 rings (SSSR count). The van der Waals surface area contributed by atoms with Gasteiger partial charge in [-0.2, -0.15) is 0 Å². The Labute approximate surface area is 214 Å². The van der Waals surface area contributed by atoms with E-state index in [9.17, 15) is 4.79 Å². The van der Waals surface area contributed by atoms with Crippen molar-refractivity contribution in [2.24, 2.45) is 0 Å². The molecular formula is C31H36N2O3. The number of ether oxygens (including phenoxy) is 2. The summed E-state index contributed by atoms with van der Waals surface area (Å²) in [6.07, 6.45) is 0.849. The Kier molecular flexibility index (Phi) is 6.87. The van der Waals surface area contributed by atoms with Crippen LogP contribution < -0.4 is 5.32 Å². The minimum Gasteiger partial charge on any atom is -0.342 e. The zero-order valence-electron chi connectivity index (χ0n) is 21.6. The van der Waals surface area contributed by atoms with E-state index in [1.807, 2.05) is 36.9 Å². The second-order valence-corrected chi connectivity index (χ2v) is 10.7. The molecule has 3 aromatic carbocycles. The number of nitrogens with one attached hydrogen (secondary N) is 1. The highest BCUT2D eigenvalue weighted by Crippen LogP contribution is 2.37. The van der Waals surface area contributed by atoms with Crippen LogP contribution in [0.1, 0.15) is 41.7 Å². The van der Waals surface area contributed by atoms with Gasteiger partial charge in [-0.25, -0.2) is 4.79 Å². The molecule has 0 bridgehead atoms. The Bertz CT molecular complexity index is 1170. The first-order chi connectivity index (χ1) is 17.3. The molecule has 2 amide bonds. The van der Waals surface area contributed by atoms with Crippen LogP contribution in [0.5, 0.6) is 0 Å². The number of carbonyl (C=O) groups is 1. The lowest BCUT2D eigenvalue weighted by Gasteiger charge is -2.34. The lowest BCUT2D eigenvalue weighted by Crippen LogP contribution is -2.50. The number of nitrogens with zero attached hydrogens (tertiary/aromatic N) is 1. The molecule has 0 aromatic heterocycles. The SMILES string of the molecule is Cc1ccc(C[C@@H]2[C@@H]3OC(C)(C)O[C@H]3[C@@H](Cc3ccc(C)cc3)NC(=O)N2Cc2ccccc2)cc1. The van der Waals surface area contributed by atoms with Gasteiger partial charge in [0.15, 0.2) is 5.79 Å². The Morgan fingerprint density at radius 1 is 0.750 bits per heavy atom. The predicted molar refractivity (Wildman–Crippen MR) is 142 cm³/mol. The highest BCUT2D eigenvalue weighted by atomic mass is 16.8. The number of urea groups is 1. The fraction of sp³-hybridized carbons (Fsp3) is 0.387. The molecular weight excluding hydrogens is 448 g/mol. The molecule has 36 heavy (non-hydrogen) atoms. The second-order valence-electron chi connectivity index (χ2n) is 10.7. The van der Waals surface area contributed by atoms with Gasteiger partial charge in [0.1, 0.15) is 12.2 Å². The van der Waals surface area contributed by atoms with Gasteiger partial charge in [0.2, 0.25) is 0 Å². The van der Waals surface area contributed by atoms with Gasteiger partial charge in [-0.3, -0.25) is 0 Å². The van der Waals surface area contributed by atoms with E-state index in [1.165, 1.54) is 22.3 Å². The topological polar surface area (TPSA) is 50.8 Å². The Morgan fingerprint density at radius 3 is 1.92 bits per heavy atom. The highest BCUT2D eigenvalue weighted by Gasteiger charge is 2.53. The fourth-order valence-corrected chi connectivity index (χ4v) is 5.38. The molecule has 188 valence electrons. The zero-order chi connectivity index (χ0) is 25.3. The molecule has 4 atom stereocenters. The van der Waals surface area contributed by atoms with E-state index in [0.717, 1.165) is 5.56 Å². The first-order valence-corrected chi connectivity index (χ1v) is 12.9. The molecule has 2 aliphatic heterocycles. The third-order valence-electron chi connectivity index (χ3n) is 7.25. The van der Waals surface area contributed by atoms with Gasteiger partial charge in [-0.1, -0.05) is 90.0 Å². The number of carbonyl (C=O) groups excluding carboxylic acids is 1. The third kappa shape index (κ3) is 5.48. The number of hydrogen-bond donors (Lipinski definition) is 1. The average molecular weight is 485 g/mol. The summed E-state index contributed by atoms with van der Waals surface area (Å²) in [4.78, 5) is 15.8. The van der Waals surface area contributed by atoms with Crippen molar-refractivity contribution in [3.8, 4) is 0 Å². The lowest BCUT2D eigenvalue weighted by atomic mass is 9.91. The molecule has 5 heteroatoms. The molecule has 0 saturated carbocycles. The van der Waals surface area contributed by atoms with Crippen LogP contribution in [-0.4, -0.2) is 41.0 Å². The van der Waals surface area contributed by atoms with Crippen LogP contribution in [0.25, 0.3) is 0 Å². The molecule has 3 aromatic rings. The van der Waals surface area contributed by atoms with Gasteiger partial charge in [-0.15, -0.1) is 0 Å². The van der Waals surface area contributed by atoms with Gasteiger partial charge < -0.3 is 19.7 Å². The van der Waals surface area contributed by atoms with Crippen molar-refractivity contribution < 1.29 is 14.3 Å². The number of amides is 2. The van der Waals surface area contributed by atoms with E-state index < -0.39 is 5.79 Å². The monoisotopic (exact) mass is 484 g/mol. The highest BCUT2D eigenvalue weighted by molar-refractivity contribution is 5.76. The summed E-state index contributed by atoms with van der Waals surface area (Å²) < 4.78 is 13.1. The summed E-state index contributed by atoms with van der Waals surface area (Å²) in [6.45, 7) is 8.62. The quantitative estimate of drug-likeness (QED) is 0.498. The number of benzene rings is 3. The van der Waals surface area contributed by atoms with Crippen molar-refractivity contribution in [1.29, 1.82) is 0 Å². The van der Waals surface area contributed by atoms with Crippen molar-refractivity contribution in [2.75, 3.05) is 0 Å². The smallest absolute Gasteiger partial charge is 0.318 e. The summed E-state index contributed by atoms with van der Waals surface area (Å²) in [5.41, 5.74) is 5.88. The van der Waals surface area contributed by atoms with E-state index in [-0.39, 0.29) is 30.3 Å². The fourth-order valence-electron chi connectivity index (χ4n) is 5.38. The number of fused-ring (bicyclic) bond motifs is 1. The van der Waals surface area contributed by atoms with Gasteiger partial charge >= 0.3 is 6.03 Å². The zero-order valence-corrected chi connectivity index (χ0v) is 21.6. The molecule has 2 aliphatic rings. The maximum atomic E-state index is 13.8. The first-order valence-electron chi connectivity index (χ1n) is 12.9. The van der Waals surface area contributed by atoms with Gasteiger partial charge in [-0.05, 0) is 57.2 Å². The second kappa shape index (κ2) is 10.1. The third-order valence-corrected chi connectivity index (χ3v) is 7.25. The van der Waals surface area contributed by atoms with Crippen molar-refractivity contribution >= 4 is 6.03 Å². The molecule has 2 fully saturated rings. The molecule has 1 N–H and O–H groups in total. The van der Waals surface area contributed by atoms with Crippen molar-refractivity contribution in [1.82, 2.24) is 10.2 Å². The maximum Gasteiger partial charge on any atom is 0.318 e. The first kappa shape index (κ1) is 24.5. The largest absolute Gasteiger partial charge is 0.342 e. The molecule has 0 aliphatic carbocycles. The van der Waals surface area contributed by atoms with Crippen LogP contribution in [-0.2, 0) is 28.9 Å². The number of aryl methyl sites for hydroxylation is 2. The molecule has 2 heterocycles. The van der Waals surface area contributed by atoms with Crippen molar-refractivity contribution in [2.45, 2.75) is 77.2 Å². The van der Waals surface area contributed by atoms with E-state index >= 15 is 0 Å². The van der Waals surface area contributed by atoms with Crippen LogP contribution in [0.4, 0.5) is 4.79 Å². The standard InChI is InChI=1S/C31H36N2O3/c1-21-10-14-23(15-11-21)18-26-28-29(36-31(3,4)35-28)27(19-24-16-12-22(2)13-17-24)33(30(34)32-26)20-25-8-6-5-7-9-25/h5-17,26-29H,18-20H2,1-4H3,(H,32,34)/t26-,27-,28+,29+/m1/s1. The summed E-state index contributed by atoms with van der Waals surface area (Å²) in [5.74, 6) is -0.729. The number of hydrogen-bond acceptors (Lipinski definition) is 3. The summed E-state index contributed by atoms with van der Waals surface area (Å²) in [7, 11) is 0. The van der Waals surface area contributed by atoms with Crippen LogP contribution in [0, 0.1) is 13.8 Å². The summed E-state index contributed by atoms with van der Waals surface area (Å²) in [5, 5.41) is 3.33. The molecule has 0 unspecified atom stereocenters. The Hall–Kier alpha value is -3.15. The minimum absolute atomic E-state index is 0.0764. The average Bonchev–Trinajstić information content (AvgIpc) is 3.15. The van der Waals surface area contributed by atoms with Crippen LogP contribution in [0.3, 0.4) is 0 Å². The van der Waals surface area contributed by atoms with E-state index in [2.05, 4.69) is 79.8 Å². The lowest BCUT2D eigenvalue weighted by molar-refractivity contribution is -0.154. The van der Waals surface area contributed by atoms with E-state index in [1.54, 1.807) is 0 Å². The van der Waals surface area contributed by atoms with Crippen LogP contribution in [0.2, 0.25) is 0 Å². The van der Waals surface area contributed by atoms with Crippen molar-refractivity contribution in [3.05, 3.63) is 107 Å². The van der Waals surface area contributed by atoms with E-state index in [0.29, 0.717) is 19.4 Å². The van der Waals surface area contributed by atoms with E-state index in [4.69, 9.17) is 9.47 Å². The van der Waals surface area contributed by atoms with Crippen molar-refractivity contribution in [3.63, 3.8) is 0 Å². The predicted octanol–water partition coefficient (Wildman–Crippen LogP) is 5.57. The molecule has 5 nitrogen and oxygen atoms in total. The Balaban J connectivity index is 1.52. The summed E-state index contributed by atoms with van der Waals surface area (Å²) in [6, 6.07) is 26.8. The van der Waals surface area contributed by atoms with Gasteiger partial charge in [0.25, 0.3) is 0 Å². The van der Waals surface area contributed by atoms with Gasteiger partial charge in [0.05, 0.1) is 12.1 Å². The Morgan fingerprint density at radius 2 is 1.31 bits per heavy atom. The normalized spacial score (nSPS) is 25.2. The van der Waals surface area contributed by atoms with Crippen LogP contribution in [0.15, 0.2) is 78.9 Å². The van der Waals surface area contributed by atoms with Crippen LogP contribution >= 0.6 is 0 Å². The summed E-state index contributed by atoms with van der Waals surface area (Å²) >= 11 is 0. The molecule has 0 radical (unpaired) electrons. The maximum absolute atomic E-state index is 13.8. The molecule has 2 saturated heterocycles. The minimum atomic E-state index is -0.729.